The number of hydrazine groups is 1. The van der Waals surface area contributed by atoms with Gasteiger partial charge >= 0.3 is 11.9 Å². The van der Waals surface area contributed by atoms with Crippen LogP contribution in [0.2, 0.25) is 0 Å². The number of carbonyl (C=O) groups excluding carboxylic acids is 7. The predicted octanol–water partition coefficient (Wildman–Crippen LogP) is -1.55. The number of carbonyl (C=O) groups is 9. The largest absolute Gasteiger partial charge is 0.481 e. The van der Waals surface area contributed by atoms with Crippen molar-refractivity contribution >= 4 is 53.3 Å². The van der Waals surface area contributed by atoms with Gasteiger partial charge < -0.3 is 15.1 Å². The highest BCUT2D eigenvalue weighted by atomic mass is 16.4. The molecule has 0 saturated heterocycles. The molecule has 2 rings (SSSR count). The number of hydrogen-bond donors (Lipinski definition) is 2. The van der Waals surface area contributed by atoms with Crippen LogP contribution in [0.5, 0.6) is 0 Å². The molecule has 2 N–H and O–H groups in total. The average Bonchev–Trinajstić information content (AvgIpc) is 3.39. The van der Waals surface area contributed by atoms with E-state index in [0.717, 1.165) is 12.2 Å². The average molecular weight is 520 g/mol. The zero-order chi connectivity index (χ0) is 27.7. The smallest absolute Gasteiger partial charge is 0.303 e. The predicted molar refractivity (Wildman–Crippen MR) is 118 cm³/mol. The minimum absolute atomic E-state index is 0.123. The van der Waals surface area contributed by atoms with Crippen molar-refractivity contribution in [3.05, 3.63) is 24.3 Å². The van der Waals surface area contributed by atoms with Crippen LogP contribution in [0.1, 0.15) is 38.5 Å². The molecule has 0 aromatic heterocycles. The second-order valence-corrected chi connectivity index (χ2v) is 7.83. The number of carboxylic acid groups (broad SMARTS) is 2. The number of aliphatic carboxylic acids is 2. The number of carboxylic acids is 2. The van der Waals surface area contributed by atoms with E-state index < -0.39 is 98.4 Å². The highest BCUT2D eigenvalue weighted by molar-refractivity contribution is 6.13. The van der Waals surface area contributed by atoms with Crippen LogP contribution in [0.3, 0.4) is 0 Å². The first-order valence-corrected chi connectivity index (χ1v) is 11.1. The number of nitrogens with zero attached hydrogens (tertiary/aromatic N) is 4. The van der Waals surface area contributed by atoms with E-state index in [9.17, 15) is 43.2 Å². The minimum Gasteiger partial charge on any atom is -0.481 e. The van der Waals surface area contributed by atoms with Crippen LogP contribution in [0.15, 0.2) is 24.3 Å². The van der Waals surface area contributed by atoms with Crippen LogP contribution in [-0.4, -0.2) is 103 Å². The van der Waals surface area contributed by atoms with Gasteiger partial charge in [-0.3, -0.25) is 48.1 Å². The lowest BCUT2D eigenvalue weighted by Crippen LogP contribution is -2.56. The third kappa shape index (κ3) is 7.91. The molecule has 0 aromatic carbocycles. The van der Waals surface area contributed by atoms with Gasteiger partial charge in [-0.25, -0.2) is 0 Å². The van der Waals surface area contributed by atoms with Crippen molar-refractivity contribution in [1.29, 1.82) is 0 Å². The molecule has 0 saturated carbocycles. The lowest BCUT2D eigenvalue weighted by molar-refractivity contribution is -0.181. The molecule has 0 bridgehead atoms. The van der Waals surface area contributed by atoms with Crippen LogP contribution in [-0.2, 0) is 43.2 Å². The molecule has 0 atom stereocenters. The summed E-state index contributed by atoms with van der Waals surface area (Å²) in [6, 6.07) is 0. The molecule has 0 unspecified atom stereocenters. The Hall–Kier alpha value is -4.69. The van der Waals surface area contributed by atoms with E-state index in [0.29, 0.717) is 4.90 Å². The molecule has 0 radical (unpaired) electrons. The lowest BCUT2D eigenvalue weighted by atomic mass is 10.2. The van der Waals surface area contributed by atoms with Gasteiger partial charge in [-0.05, 0) is 0 Å². The molecule has 0 aromatic rings. The van der Waals surface area contributed by atoms with Gasteiger partial charge in [-0.15, -0.1) is 0 Å². The Labute approximate surface area is 209 Å². The monoisotopic (exact) mass is 520 g/mol. The van der Waals surface area contributed by atoms with Crippen molar-refractivity contribution in [1.82, 2.24) is 19.8 Å². The maximum absolute atomic E-state index is 13.1. The van der Waals surface area contributed by atoms with Crippen LogP contribution in [0, 0.1) is 0 Å². The van der Waals surface area contributed by atoms with Gasteiger partial charge in [0.15, 0.2) is 0 Å². The Morgan fingerprint density at radius 1 is 0.622 bits per heavy atom. The molecule has 15 nitrogen and oxygen atoms in total. The van der Waals surface area contributed by atoms with Crippen LogP contribution in [0.4, 0.5) is 0 Å². The molecular formula is C22H24N4O11. The first kappa shape index (κ1) is 28.5. The van der Waals surface area contributed by atoms with Crippen LogP contribution < -0.4 is 0 Å². The van der Waals surface area contributed by atoms with Crippen molar-refractivity contribution < 1.29 is 53.4 Å². The summed E-state index contributed by atoms with van der Waals surface area (Å²) >= 11 is 0. The van der Waals surface area contributed by atoms with E-state index in [4.69, 9.17) is 10.2 Å². The second kappa shape index (κ2) is 12.9. The normalized spacial score (nSPS) is 14.3. The summed E-state index contributed by atoms with van der Waals surface area (Å²) in [7, 11) is 0. The van der Waals surface area contributed by atoms with Crippen molar-refractivity contribution in [2.45, 2.75) is 38.5 Å². The summed E-state index contributed by atoms with van der Waals surface area (Å²) in [6.45, 7) is -0.516. The summed E-state index contributed by atoms with van der Waals surface area (Å²) in [5.41, 5.74) is 0. The summed E-state index contributed by atoms with van der Waals surface area (Å²) in [5, 5.41) is 18.1. The van der Waals surface area contributed by atoms with Crippen molar-refractivity contribution in [3.8, 4) is 0 Å². The summed E-state index contributed by atoms with van der Waals surface area (Å²) in [4.78, 5) is 111. The van der Waals surface area contributed by atoms with E-state index >= 15 is 0 Å². The standard InChI is InChI=1S/C22H24N4O11/c27-14-2-1-11-23(14)12-9-19(32)25(17(30)5-7-21(34)35)26(18(31)6-8-22(36)37)20(33)10-13-24-15(28)3-4-16(24)29/h1-4H,5-13H2,(H,34,35)(H,36,37). The van der Waals surface area contributed by atoms with Crippen molar-refractivity contribution in [2.75, 3.05) is 19.6 Å². The highest BCUT2D eigenvalue weighted by Gasteiger charge is 2.37. The van der Waals surface area contributed by atoms with Gasteiger partial charge in [0.1, 0.15) is 0 Å². The Morgan fingerprint density at radius 2 is 1.05 bits per heavy atom. The summed E-state index contributed by atoms with van der Waals surface area (Å²) < 4.78 is 0. The van der Waals surface area contributed by atoms with Crippen LogP contribution >= 0.6 is 0 Å². The highest BCUT2D eigenvalue weighted by Crippen LogP contribution is 2.15. The zero-order valence-corrected chi connectivity index (χ0v) is 19.5. The molecule has 2 heterocycles. The van der Waals surface area contributed by atoms with Crippen molar-refractivity contribution in [2.24, 2.45) is 0 Å². The fourth-order valence-corrected chi connectivity index (χ4v) is 3.34. The molecule has 0 fully saturated rings. The molecule has 7 amide bonds. The number of imide groups is 3. The fourth-order valence-electron chi connectivity index (χ4n) is 3.34. The topological polar surface area (TPSA) is 207 Å². The van der Waals surface area contributed by atoms with Gasteiger partial charge in [-0.1, -0.05) is 6.08 Å². The van der Waals surface area contributed by atoms with Crippen LogP contribution in [0.25, 0.3) is 0 Å². The fraction of sp³-hybridized carbons (Fsp3) is 0.409. The molecule has 198 valence electrons. The third-order valence-corrected chi connectivity index (χ3v) is 5.19. The van der Waals surface area contributed by atoms with Gasteiger partial charge in [0.25, 0.3) is 23.6 Å². The Balaban J connectivity index is 2.30. The van der Waals surface area contributed by atoms with E-state index in [1.54, 1.807) is 0 Å². The maximum atomic E-state index is 13.1. The minimum atomic E-state index is -1.41. The van der Waals surface area contributed by atoms with E-state index in [1.807, 2.05) is 0 Å². The Morgan fingerprint density at radius 3 is 1.46 bits per heavy atom. The number of rotatable bonds is 12. The number of hydrogen-bond acceptors (Lipinski definition) is 9. The molecular weight excluding hydrogens is 496 g/mol. The molecule has 2 aliphatic rings. The first-order chi connectivity index (χ1) is 17.4. The first-order valence-electron chi connectivity index (χ1n) is 11.1. The van der Waals surface area contributed by atoms with Crippen molar-refractivity contribution in [3.63, 3.8) is 0 Å². The summed E-state index contributed by atoms with van der Waals surface area (Å²) in [6.07, 6.45) is 0.399. The second-order valence-electron chi connectivity index (χ2n) is 7.83. The van der Waals surface area contributed by atoms with E-state index in [2.05, 4.69) is 0 Å². The SMILES string of the molecule is O=C(O)CCC(=O)N(C(=O)CCN1CC=CC1=O)N(C(=O)CCC(=O)O)C(=O)CCN1C(=O)C=CC1=O. The van der Waals surface area contributed by atoms with E-state index in [-0.39, 0.29) is 23.1 Å². The van der Waals surface area contributed by atoms with E-state index in [1.165, 1.54) is 17.1 Å². The quantitative estimate of drug-likeness (QED) is 0.222. The third-order valence-electron chi connectivity index (χ3n) is 5.19. The molecule has 15 heteroatoms. The Bertz CT molecular complexity index is 1080. The molecule has 2 aliphatic heterocycles. The lowest BCUT2D eigenvalue weighted by Gasteiger charge is -2.32. The van der Waals surface area contributed by atoms with Gasteiger partial charge in [0, 0.05) is 63.5 Å². The molecule has 0 spiro atoms. The van der Waals surface area contributed by atoms with Gasteiger partial charge in [0.2, 0.25) is 17.7 Å². The zero-order valence-electron chi connectivity index (χ0n) is 19.5. The van der Waals surface area contributed by atoms with Gasteiger partial charge in [-0.2, -0.15) is 10.0 Å². The molecule has 0 aliphatic carbocycles. The summed E-state index contributed by atoms with van der Waals surface area (Å²) in [5.74, 6) is -9.48. The van der Waals surface area contributed by atoms with Gasteiger partial charge in [0.05, 0.1) is 12.8 Å². The molecule has 37 heavy (non-hydrogen) atoms. The number of amides is 7. The Kier molecular flexibility index (Phi) is 9.92. The maximum Gasteiger partial charge on any atom is 0.303 e.